The van der Waals surface area contributed by atoms with Crippen molar-refractivity contribution in [2.24, 2.45) is 11.8 Å². The van der Waals surface area contributed by atoms with E-state index in [1.165, 1.54) is 6.39 Å². The molecule has 2 atom stereocenters. The number of hydrogen-bond donors (Lipinski definition) is 2. The smallest absolute Gasteiger partial charge is 0.247 e. The maximum absolute atomic E-state index is 12.2. The Morgan fingerprint density at radius 1 is 1.45 bits per heavy atom. The average Bonchev–Trinajstić information content (AvgIpc) is 3.09. The van der Waals surface area contributed by atoms with Gasteiger partial charge in [0.25, 0.3) is 0 Å². The van der Waals surface area contributed by atoms with Crippen LogP contribution in [-0.2, 0) is 4.79 Å². The first-order valence-electron chi connectivity index (χ1n) is 6.62. The van der Waals surface area contributed by atoms with E-state index in [-0.39, 0.29) is 11.8 Å². The minimum absolute atomic E-state index is 0.0158. The second-order valence-corrected chi connectivity index (χ2v) is 5.06. The van der Waals surface area contributed by atoms with Crippen molar-refractivity contribution in [3.05, 3.63) is 30.7 Å². The number of nitrogens with one attached hydrogen (secondary N) is 2. The van der Waals surface area contributed by atoms with E-state index in [0.29, 0.717) is 11.8 Å². The van der Waals surface area contributed by atoms with Gasteiger partial charge in [-0.15, -0.1) is 10.2 Å². The molecule has 0 bridgehead atoms. The first-order valence-corrected chi connectivity index (χ1v) is 6.62. The van der Waals surface area contributed by atoms with E-state index < -0.39 is 0 Å². The Kier molecular flexibility index (Phi) is 3.47. The molecule has 20 heavy (non-hydrogen) atoms. The third kappa shape index (κ3) is 2.55. The monoisotopic (exact) mass is 272 g/mol. The molecule has 3 rings (SSSR count). The fraction of sp³-hybridized carbons (Fsp3) is 0.357. The van der Waals surface area contributed by atoms with Gasteiger partial charge in [-0.3, -0.25) is 4.79 Å². The van der Waals surface area contributed by atoms with Crippen molar-refractivity contribution in [2.45, 2.75) is 6.92 Å². The number of nitrogens with zero attached hydrogens (tertiary/aromatic N) is 2. The summed E-state index contributed by atoms with van der Waals surface area (Å²) in [5.74, 6) is 0.860. The van der Waals surface area contributed by atoms with Gasteiger partial charge in [0.1, 0.15) is 0 Å². The Morgan fingerprint density at radius 3 is 3.05 bits per heavy atom. The summed E-state index contributed by atoms with van der Waals surface area (Å²) in [6.07, 6.45) is 1.28. The number of benzene rings is 1. The maximum Gasteiger partial charge on any atom is 0.247 e. The number of carbonyl (C=O) groups excluding carboxylic acids is 1. The molecule has 2 heterocycles. The van der Waals surface area contributed by atoms with Gasteiger partial charge in [-0.25, -0.2) is 0 Å². The van der Waals surface area contributed by atoms with Crippen LogP contribution in [0.4, 0.5) is 5.69 Å². The molecule has 6 heteroatoms. The zero-order chi connectivity index (χ0) is 13.9. The zero-order valence-corrected chi connectivity index (χ0v) is 11.2. The molecule has 104 valence electrons. The third-order valence-electron chi connectivity index (χ3n) is 3.59. The molecule has 0 unspecified atom stereocenters. The molecule has 6 nitrogen and oxygen atoms in total. The highest BCUT2D eigenvalue weighted by atomic mass is 16.4. The summed E-state index contributed by atoms with van der Waals surface area (Å²) < 4.78 is 5.15. The van der Waals surface area contributed by atoms with Crippen LogP contribution in [0, 0.1) is 11.8 Å². The molecule has 2 aromatic rings. The minimum atomic E-state index is 0.0158. The predicted molar refractivity (Wildman–Crippen MR) is 73.9 cm³/mol. The van der Waals surface area contributed by atoms with Crippen molar-refractivity contribution in [1.29, 1.82) is 0 Å². The molecule has 0 spiro atoms. The van der Waals surface area contributed by atoms with E-state index in [4.69, 9.17) is 4.42 Å². The lowest BCUT2D eigenvalue weighted by molar-refractivity contribution is -0.120. The molecule has 1 amide bonds. The summed E-state index contributed by atoms with van der Waals surface area (Å²) in [7, 11) is 0. The van der Waals surface area contributed by atoms with Crippen LogP contribution >= 0.6 is 0 Å². The lowest BCUT2D eigenvalue weighted by Crippen LogP contribution is -2.27. The Hall–Kier alpha value is -2.21. The van der Waals surface area contributed by atoms with Gasteiger partial charge in [0.2, 0.25) is 18.2 Å². The highest BCUT2D eigenvalue weighted by Crippen LogP contribution is 2.22. The maximum atomic E-state index is 12.2. The Bertz CT molecular complexity index is 597. The van der Waals surface area contributed by atoms with Crippen molar-refractivity contribution in [3.63, 3.8) is 0 Å². The van der Waals surface area contributed by atoms with Crippen LogP contribution in [0.25, 0.3) is 11.5 Å². The molecule has 1 aliphatic rings. The van der Waals surface area contributed by atoms with Crippen LogP contribution in [0.2, 0.25) is 0 Å². The second-order valence-electron chi connectivity index (χ2n) is 5.06. The fourth-order valence-corrected chi connectivity index (χ4v) is 2.42. The first-order chi connectivity index (χ1) is 9.74. The van der Waals surface area contributed by atoms with Crippen LogP contribution in [0.3, 0.4) is 0 Å². The van der Waals surface area contributed by atoms with Crippen LogP contribution in [0.15, 0.2) is 35.1 Å². The summed E-state index contributed by atoms with van der Waals surface area (Å²) in [6, 6.07) is 7.40. The molecule has 1 saturated heterocycles. The number of hydrogen-bond acceptors (Lipinski definition) is 5. The van der Waals surface area contributed by atoms with Crippen molar-refractivity contribution in [3.8, 4) is 11.5 Å². The van der Waals surface area contributed by atoms with Gasteiger partial charge in [0, 0.05) is 17.8 Å². The summed E-state index contributed by atoms with van der Waals surface area (Å²) in [4.78, 5) is 12.2. The third-order valence-corrected chi connectivity index (χ3v) is 3.59. The van der Waals surface area contributed by atoms with Crippen LogP contribution in [0.5, 0.6) is 0 Å². The van der Waals surface area contributed by atoms with Gasteiger partial charge in [0.05, 0.1) is 5.92 Å². The summed E-state index contributed by atoms with van der Waals surface area (Å²) in [5, 5.41) is 13.7. The Labute approximate surface area is 116 Å². The van der Waals surface area contributed by atoms with Gasteiger partial charge in [-0.2, -0.15) is 0 Å². The van der Waals surface area contributed by atoms with Crippen molar-refractivity contribution < 1.29 is 9.21 Å². The molecule has 2 N–H and O–H groups in total. The number of carbonyl (C=O) groups is 1. The highest BCUT2D eigenvalue weighted by Gasteiger charge is 2.29. The summed E-state index contributed by atoms with van der Waals surface area (Å²) in [5.41, 5.74) is 1.53. The van der Waals surface area contributed by atoms with E-state index in [1.807, 2.05) is 24.3 Å². The van der Waals surface area contributed by atoms with E-state index in [2.05, 4.69) is 27.8 Å². The molecule has 1 aromatic carbocycles. The highest BCUT2D eigenvalue weighted by molar-refractivity contribution is 5.93. The molecule has 1 aliphatic heterocycles. The number of anilines is 1. The molecule has 0 saturated carbocycles. The zero-order valence-electron chi connectivity index (χ0n) is 11.2. The van der Waals surface area contributed by atoms with Gasteiger partial charge >= 0.3 is 0 Å². The van der Waals surface area contributed by atoms with Gasteiger partial charge in [-0.1, -0.05) is 13.0 Å². The number of rotatable bonds is 3. The lowest BCUT2D eigenvalue weighted by atomic mass is 9.97. The van der Waals surface area contributed by atoms with Gasteiger partial charge in [-0.05, 0) is 30.7 Å². The van der Waals surface area contributed by atoms with Gasteiger partial charge in [0.15, 0.2) is 0 Å². The van der Waals surface area contributed by atoms with E-state index in [0.717, 1.165) is 24.3 Å². The normalized spacial score (nSPS) is 21.9. The standard InChI is InChI=1S/C14H16N4O2/c1-9-6-15-7-12(9)13(19)17-11-4-2-3-10(5-11)14-18-16-8-20-14/h2-5,8-9,12,15H,6-7H2,1H3,(H,17,19)/t9-,12-/m1/s1. The van der Waals surface area contributed by atoms with Crippen molar-refractivity contribution in [2.75, 3.05) is 18.4 Å². The van der Waals surface area contributed by atoms with Crippen LogP contribution in [0.1, 0.15) is 6.92 Å². The van der Waals surface area contributed by atoms with Crippen LogP contribution in [-0.4, -0.2) is 29.2 Å². The Balaban J connectivity index is 1.74. The van der Waals surface area contributed by atoms with E-state index in [1.54, 1.807) is 0 Å². The summed E-state index contributed by atoms with van der Waals surface area (Å²) >= 11 is 0. The largest absolute Gasteiger partial charge is 0.423 e. The summed E-state index contributed by atoms with van der Waals surface area (Å²) in [6.45, 7) is 3.70. The topological polar surface area (TPSA) is 80.0 Å². The molecule has 0 aliphatic carbocycles. The molecule has 1 aromatic heterocycles. The fourth-order valence-electron chi connectivity index (χ4n) is 2.42. The van der Waals surface area contributed by atoms with Crippen molar-refractivity contribution >= 4 is 11.6 Å². The van der Waals surface area contributed by atoms with Crippen LogP contribution < -0.4 is 10.6 Å². The average molecular weight is 272 g/mol. The molecular formula is C14H16N4O2. The molecular weight excluding hydrogens is 256 g/mol. The second kappa shape index (κ2) is 5.42. The number of amides is 1. The molecule has 0 radical (unpaired) electrons. The minimum Gasteiger partial charge on any atom is -0.423 e. The SMILES string of the molecule is C[C@@H]1CNC[C@H]1C(=O)Nc1cccc(-c2nnco2)c1. The Morgan fingerprint density at radius 2 is 2.35 bits per heavy atom. The first kappa shape index (κ1) is 12.8. The lowest BCUT2D eigenvalue weighted by Gasteiger charge is -2.14. The predicted octanol–water partition coefficient (Wildman–Crippen LogP) is 1.53. The van der Waals surface area contributed by atoms with E-state index >= 15 is 0 Å². The van der Waals surface area contributed by atoms with Gasteiger partial charge < -0.3 is 15.1 Å². The van der Waals surface area contributed by atoms with E-state index in [9.17, 15) is 4.79 Å². The number of aromatic nitrogens is 2. The van der Waals surface area contributed by atoms with Crippen molar-refractivity contribution in [1.82, 2.24) is 15.5 Å². The molecule has 1 fully saturated rings. The quantitative estimate of drug-likeness (QED) is 0.885.